The highest BCUT2D eigenvalue weighted by atomic mass is 35.5. The molecule has 3 rings (SSSR count). The molecule has 1 aliphatic rings. The summed E-state index contributed by atoms with van der Waals surface area (Å²) in [5.41, 5.74) is 2.04. The lowest BCUT2D eigenvalue weighted by molar-refractivity contribution is -0.131. The minimum Gasteiger partial charge on any atom is -0.342 e. The summed E-state index contributed by atoms with van der Waals surface area (Å²) in [7, 11) is 0. The number of pyridine rings is 1. The van der Waals surface area contributed by atoms with Crippen LogP contribution in [0.15, 0.2) is 48.8 Å². The molecule has 7 heteroatoms. The number of halogens is 1. The number of nitrogens with zero attached hydrogens (tertiary/aromatic N) is 2. The minimum absolute atomic E-state index is 0.143. The highest BCUT2D eigenvalue weighted by molar-refractivity contribution is 6.30. The van der Waals surface area contributed by atoms with Crippen molar-refractivity contribution < 1.29 is 9.59 Å². The van der Waals surface area contributed by atoms with Gasteiger partial charge in [-0.15, -0.1) is 0 Å². The monoisotopic (exact) mass is 442 g/mol. The van der Waals surface area contributed by atoms with Crippen LogP contribution in [0.4, 0.5) is 4.79 Å². The first-order valence-electron chi connectivity index (χ1n) is 11.0. The molecule has 0 aliphatic carbocycles. The molecule has 1 aromatic carbocycles. The molecule has 2 N–H and O–H groups in total. The number of aromatic nitrogens is 1. The van der Waals surface area contributed by atoms with Crippen LogP contribution in [0.1, 0.15) is 43.2 Å². The zero-order valence-electron chi connectivity index (χ0n) is 17.9. The first-order valence-corrected chi connectivity index (χ1v) is 11.4. The number of carbonyl (C=O) groups excluding carboxylic acids is 2. The number of amides is 3. The van der Waals surface area contributed by atoms with E-state index in [4.69, 9.17) is 11.6 Å². The summed E-state index contributed by atoms with van der Waals surface area (Å²) in [6, 6.07) is 11.1. The third-order valence-corrected chi connectivity index (χ3v) is 6.01. The Bertz CT molecular complexity index is 821. The minimum atomic E-state index is -0.143. The lowest BCUT2D eigenvalue weighted by Gasteiger charge is -2.32. The molecule has 1 aliphatic heterocycles. The van der Waals surface area contributed by atoms with E-state index in [0.717, 1.165) is 56.3 Å². The Morgan fingerprint density at radius 3 is 2.39 bits per heavy atom. The first-order chi connectivity index (χ1) is 15.1. The van der Waals surface area contributed by atoms with Gasteiger partial charge in [-0.05, 0) is 60.6 Å². The summed E-state index contributed by atoms with van der Waals surface area (Å²) in [5, 5.41) is 6.46. The fraction of sp³-hybridized carbons (Fsp3) is 0.458. The van der Waals surface area contributed by atoms with E-state index in [1.807, 2.05) is 41.3 Å². The van der Waals surface area contributed by atoms with Gasteiger partial charge in [0.1, 0.15) is 0 Å². The predicted molar refractivity (Wildman–Crippen MR) is 123 cm³/mol. The zero-order valence-corrected chi connectivity index (χ0v) is 18.6. The van der Waals surface area contributed by atoms with Gasteiger partial charge in [0.2, 0.25) is 5.91 Å². The van der Waals surface area contributed by atoms with Gasteiger partial charge in [-0.3, -0.25) is 9.78 Å². The van der Waals surface area contributed by atoms with E-state index in [2.05, 4.69) is 15.6 Å². The Kier molecular flexibility index (Phi) is 9.16. The van der Waals surface area contributed by atoms with Crippen LogP contribution in [0.3, 0.4) is 0 Å². The highest BCUT2D eigenvalue weighted by Gasteiger charge is 2.22. The number of likely N-dealkylation sites (tertiary alicyclic amines) is 1. The summed E-state index contributed by atoms with van der Waals surface area (Å²) < 4.78 is 0. The fourth-order valence-corrected chi connectivity index (χ4v) is 3.99. The van der Waals surface area contributed by atoms with Crippen molar-refractivity contribution in [3.05, 3.63) is 64.9 Å². The Morgan fingerprint density at radius 2 is 1.68 bits per heavy atom. The number of benzene rings is 1. The standard InChI is InChI=1S/C24H31ClN4O2/c25-22-6-4-21(5-7-22)18-28-24(31)27-12-2-1-3-19-10-15-29(16-11-19)23(30)17-20-8-13-26-14-9-20/h4-9,13-14,19H,1-3,10-12,15-18H2,(H2,27,28,31). The van der Waals surface area contributed by atoms with E-state index in [1.165, 1.54) is 0 Å². The van der Waals surface area contributed by atoms with Gasteiger partial charge in [0.25, 0.3) is 0 Å². The average Bonchev–Trinajstić information content (AvgIpc) is 2.79. The SMILES string of the molecule is O=C(NCCCCC1CCN(C(=O)Cc2ccncc2)CC1)NCc1ccc(Cl)cc1. The third-order valence-electron chi connectivity index (χ3n) is 5.76. The maximum Gasteiger partial charge on any atom is 0.315 e. The fourth-order valence-electron chi connectivity index (χ4n) is 3.87. The molecule has 31 heavy (non-hydrogen) atoms. The van der Waals surface area contributed by atoms with E-state index in [9.17, 15) is 9.59 Å². The summed E-state index contributed by atoms with van der Waals surface area (Å²) in [4.78, 5) is 30.3. The van der Waals surface area contributed by atoms with Crippen LogP contribution in [0.25, 0.3) is 0 Å². The maximum atomic E-state index is 12.4. The quantitative estimate of drug-likeness (QED) is 0.572. The molecule has 1 saturated heterocycles. The van der Waals surface area contributed by atoms with Crippen molar-refractivity contribution in [1.82, 2.24) is 20.5 Å². The summed E-state index contributed by atoms with van der Waals surface area (Å²) in [6.07, 6.45) is 9.26. The topological polar surface area (TPSA) is 74.3 Å². The Morgan fingerprint density at radius 1 is 0.968 bits per heavy atom. The van der Waals surface area contributed by atoms with Crippen molar-refractivity contribution in [2.24, 2.45) is 5.92 Å². The van der Waals surface area contributed by atoms with Gasteiger partial charge < -0.3 is 15.5 Å². The van der Waals surface area contributed by atoms with Crippen LogP contribution in [0.2, 0.25) is 5.02 Å². The molecule has 6 nitrogen and oxygen atoms in total. The lowest BCUT2D eigenvalue weighted by Crippen LogP contribution is -2.39. The van der Waals surface area contributed by atoms with Crippen molar-refractivity contribution in [3.63, 3.8) is 0 Å². The van der Waals surface area contributed by atoms with Crippen LogP contribution in [0, 0.1) is 5.92 Å². The molecular formula is C24H31ClN4O2. The molecule has 0 radical (unpaired) electrons. The lowest BCUT2D eigenvalue weighted by atomic mass is 9.91. The van der Waals surface area contributed by atoms with E-state index >= 15 is 0 Å². The second-order valence-electron chi connectivity index (χ2n) is 8.09. The van der Waals surface area contributed by atoms with Crippen LogP contribution in [-0.4, -0.2) is 41.5 Å². The maximum absolute atomic E-state index is 12.4. The second kappa shape index (κ2) is 12.3. The van der Waals surface area contributed by atoms with E-state index in [0.29, 0.717) is 30.5 Å². The van der Waals surface area contributed by atoms with Crippen molar-refractivity contribution in [2.75, 3.05) is 19.6 Å². The number of carbonyl (C=O) groups is 2. The zero-order chi connectivity index (χ0) is 21.9. The molecule has 0 saturated carbocycles. The Balaban J connectivity index is 1.22. The molecule has 0 unspecified atom stereocenters. The predicted octanol–water partition coefficient (Wildman–Crippen LogP) is 4.19. The van der Waals surface area contributed by atoms with Gasteiger partial charge in [0.15, 0.2) is 0 Å². The summed E-state index contributed by atoms with van der Waals surface area (Å²) in [5.74, 6) is 0.877. The Hall–Kier alpha value is -2.60. The number of hydrogen-bond donors (Lipinski definition) is 2. The van der Waals surface area contributed by atoms with E-state index in [-0.39, 0.29) is 11.9 Å². The number of piperidine rings is 1. The van der Waals surface area contributed by atoms with Crippen LogP contribution in [0.5, 0.6) is 0 Å². The summed E-state index contributed by atoms with van der Waals surface area (Å²) >= 11 is 5.86. The third kappa shape index (κ3) is 8.21. The van der Waals surface area contributed by atoms with Gasteiger partial charge in [-0.1, -0.05) is 36.6 Å². The molecule has 166 valence electrons. The van der Waals surface area contributed by atoms with Gasteiger partial charge in [0, 0.05) is 43.6 Å². The van der Waals surface area contributed by atoms with Crippen LogP contribution in [-0.2, 0) is 17.8 Å². The summed E-state index contributed by atoms with van der Waals surface area (Å²) in [6.45, 7) is 2.86. The van der Waals surface area contributed by atoms with Gasteiger partial charge in [0.05, 0.1) is 6.42 Å². The largest absolute Gasteiger partial charge is 0.342 e. The van der Waals surface area contributed by atoms with Crippen molar-refractivity contribution in [1.29, 1.82) is 0 Å². The second-order valence-corrected chi connectivity index (χ2v) is 8.52. The van der Waals surface area contributed by atoms with Crippen LogP contribution < -0.4 is 10.6 Å². The smallest absolute Gasteiger partial charge is 0.315 e. The Labute approximate surface area is 189 Å². The van der Waals surface area contributed by atoms with Crippen LogP contribution >= 0.6 is 11.6 Å². The van der Waals surface area contributed by atoms with Crippen molar-refractivity contribution in [2.45, 2.75) is 45.1 Å². The van der Waals surface area contributed by atoms with Gasteiger partial charge >= 0.3 is 6.03 Å². The highest BCUT2D eigenvalue weighted by Crippen LogP contribution is 2.23. The number of urea groups is 1. The normalized spacial score (nSPS) is 14.3. The molecular weight excluding hydrogens is 412 g/mol. The van der Waals surface area contributed by atoms with Gasteiger partial charge in [-0.25, -0.2) is 4.79 Å². The first kappa shape index (κ1) is 23.1. The molecule has 3 amide bonds. The molecule has 0 atom stereocenters. The van der Waals surface area contributed by atoms with Gasteiger partial charge in [-0.2, -0.15) is 0 Å². The van der Waals surface area contributed by atoms with Crippen molar-refractivity contribution >= 4 is 23.5 Å². The number of hydrogen-bond acceptors (Lipinski definition) is 3. The van der Waals surface area contributed by atoms with Crippen molar-refractivity contribution in [3.8, 4) is 0 Å². The molecule has 1 fully saturated rings. The number of unbranched alkanes of at least 4 members (excludes halogenated alkanes) is 1. The van der Waals surface area contributed by atoms with E-state index in [1.54, 1.807) is 12.4 Å². The number of nitrogens with one attached hydrogen (secondary N) is 2. The number of rotatable bonds is 9. The molecule has 2 aromatic rings. The molecule has 0 bridgehead atoms. The molecule has 1 aromatic heterocycles. The van der Waals surface area contributed by atoms with E-state index < -0.39 is 0 Å². The molecule has 2 heterocycles. The average molecular weight is 443 g/mol. The molecule has 0 spiro atoms.